The van der Waals surface area contributed by atoms with Gasteiger partial charge in [0.2, 0.25) is 0 Å². The third-order valence-electron chi connectivity index (χ3n) is 2.88. The van der Waals surface area contributed by atoms with Crippen LogP contribution in [0.2, 0.25) is 5.02 Å². The summed E-state index contributed by atoms with van der Waals surface area (Å²) >= 11 is 5.84. The van der Waals surface area contributed by atoms with E-state index < -0.39 is 0 Å². The SMILES string of the molecule is Clc1ccc(C=CCNCCc2ccccc2)cc1. The topological polar surface area (TPSA) is 12.0 Å². The summed E-state index contributed by atoms with van der Waals surface area (Å²) in [6.07, 6.45) is 5.30. The molecular formula is C17H18ClN. The van der Waals surface area contributed by atoms with E-state index in [-0.39, 0.29) is 0 Å². The van der Waals surface area contributed by atoms with Crippen molar-refractivity contribution in [2.75, 3.05) is 13.1 Å². The zero-order chi connectivity index (χ0) is 13.3. The van der Waals surface area contributed by atoms with Gasteiger partial charge >= 0.3 is 0 Å². The second-order valence-electron chi connectivity index (χ2n) is 4.39. The molecule has 2 aromatic rings. The molecule has 0 aliphatic rings. The summed E-state index contributed by atoms with van der Waals surface area (Å²) in [6, 6.07) is 18.4. The first-order valence-corrected chi connectivity index (χ1v) is 6.89. The Bertz CT molecular complexity index is 503. The second-order valence-corrected chi connectivity index (χ2v) is 4.83. The van der Waals surface area contributed by atoms with E-state index in [0.717, 1.165) is 24.5 Å². The molecule has 0 spiro atoms. The molecule has 1 N–H and O–H groups in total. The number of nitrogens with one attached hydrogen (secondary N) is 1. The van der Waals surface area contributed by atoms with Gasteiger partial charge in [-0.25, -0.2) is 0 Å². The quantitative estimate of drug-likeness (QED) is 0.777. The van der Waals surface area contributed by atoms with Crippen molar-refractivity contribution in [2.45, 2.75) is 6.42 Å². The van der Waals surface area contributed by atoms with E-state index in [1.807, 2.05) is 30.3 Å². The standard InChI is InChI=1S/C17H18ClN/c18-17-10-8-16(9-11-17)7-4-13-19-14-12-15-5-2-1-3-6-15/h1-11,19H,12-14H2. The molecule has 0 bridgehead atoms. The van der Waals surface area contributed by atoms with Gasteiger partial charge in [0.15, 0.2) is 0 Å². The van der Waals surface area contributed by atoms with Crippen molar-refractivity contribution in [3.05, 3.63) is 76.8 Å². The van der Waals surface area contributed by atoms with Crippen LogP contribution in [0.5, 0.6) is 0 Å². The lowest BCUT2D eigenvalue weighted by Crippen LogP contribution is -2.16. The lowest BCUT2D eigenvalue weighted by molar-refractivity contribution is 0.745. The number of hydrogen-bond donors (Lipinski definition) is 1. The van der Waals surface area contributed by atoms with Gasteiger partial charge in [-0.05, 0) is 36.2 Å². The largest absolute Gasteiger partial charge is 0.313 e. The molecule has 0 atom stereocenters. The van der Waals surface area contributed by atoms with E-state index in [1.165, 1.54) is 11.1 Å². The summed E-state index contributed by atoms with van der Waals surface area (Å²) in [6.45, 7) is 1.88. The minimum absolute atomic E-state index is 0.776. The van der Waals surface area contributed by atoms with Crippen LogP contribution in [0, 0.1) is 0 Å². The van der Waals surface area contributed by atoms with E-state index in [9.17, 15) is 0 Å². The van der Waals surface area contributed by atoms with Gasteiger partial charge in [-0.3, -0.25) is 0 Å². The molecule has 0 amide bonds. The van der Waals surface area contributed by atoms with Crippen molar-refractivity contribution in [3.8, 4) is 0 Å². The Morgan fingerprint density at radius 2 is 1.68 bits per heavy atom. The van der Waals surface area contributed by atoms with Gasteiger partial charge in [-0.15, -0.1) is 0 Å². The van der Waals surface area contributed by atoms with Gasteiger partial charge in [-0.2, -0.15) is 0 Å². The van der Waals surface area contributed by atoms with Crippen molar-refractivity contribution in [3.63, 3.8) is 0 Å². The van der Waals surface area contributed by atoms with Gasteiger partial charge in [-0.1, -0.05) is 66.2 Å². The number of hydrogen-bond acceptors (Lipinski definition) is 1. The van der Waals surface area contributed by atoms with Crippen LogP contribution < -0.4 is 5.32 Å². The number of rotatable bonds is 6. The molecule has 2 aromatic carbocycles. The highest BCUT2D eigenvalue weighted by atomic mass is 35.5. The molecule has 98 valence electrons. The molecule has 1 nitrogen and oxygen atoms in total. The Labute approximate surface area is 119 Å². The Balaban J connectivity index is 1.65. The average Bonchev–Trinajstić information content (AvgIpc) is 2.46. The first-order valence-electron chi connectivity index (χ1n) is 6.51. The van der Waals surface area contributed by atoms with Crippen LogP contribution in [-0.4, -0.2) is 13.1 Å². The molecule has 0 fully saturated rings. The van der Waals surface area contributed by atoms with Gasteiger partial charge in [0.1, 0.15) is 0 Å². The Kier molecular flexibility index (Phi) is 5.67. The van der Waals surface area contributed by atoms with Crippen LogP contribution in [-0.2, 0) is 6.42 Å². The summed E-state index contributed by atoms with van der Waals surface area (Å²) in [7, 11) is 0. The fraction of sp³-hybridized carbons (Fsp3) is 0.176. The molecule has 2 rings (SSSR count). The maximum Gasteiger partial charge on any atom is 0.0406 e. The lowest BCUT2D eigenvalue weighted by Gasteiger charge is -2.01. The molecule has 0 radical (unpaired) electrons. The van der Waals surface area contributed by atoms with E-state index in [0.29, 0.717) is 0 Å². The maximum atomic E-state index is 5.84. The summed E-state index contributed by atoms with van der Waals surface area (Å²) < 4.78 is 0. The van der Waals surface area contributed by atoms with Gasteiger partial charge < -0.3 is 5.32 Å². The van der Waals surface area contributed by atoms with E-state index in [1.54, 1.807) is 0 Å². The molecule has 2 heteroatoms. The van der Waals surface area contributed by atoms with Crippen LogP contribution in [0.25, 0.3) is 6.08 Å². The van der Waals surface area contributed by atoms with Crippen LogP contribution >= 0.6 is 11.6 Å². The molecule has 0 heterocycles. The molecule has 0 aliphatic heterocycles. The first-order chi connectivity index (χ1) is 9.34. The normalized spacial score (nSPS) is 11.0. The van der Waals surface area contributed by atoms with Crippen molar-refractivity contribution in [2.24, 2.45) is 0 Å². The fourth-order valence-electron chi connectivity index (χ4n) is 1.83. The fourth-order valence-corrected chi connectivity index (χ4v) is 1.96. The first kappa shape index (κ1) is 13.9. The minimum atomic E-state index is 0.776. The van der Waals surface area contributed by atoms with Crippen LogP contribution in [0.4, 0.5) is 0 Å². The van der Waals surface area contributed by atoms with E-state index in [2.05, 4.69) is 41.7 Å². The van der Waals surface area contributed by atoms with Gasteiger partial charge in [0, 0.05) is 11.6 Å². The molecule has 0 saturated carbocycles. The van der Waals surface area contributed by atoms with Crippen LogP contribution in [0.1, 0.15) is 11.1 Å². The van der Waals surface area contributed by atoms with Crippen LogP contribution in [0.15, 0.2) is 60.7 Å². The zero-order valence-electron chi connectivity index (χ0n) is 10.9. The lowest BCUT2D eigenvalue weighted by atomic mass is 10.1. The smallest absolute Gasteiger partial charge is 0.0406 e. The number of halogens is 1. The minimum Gasteiger partial charge on any atom is -0.313 e. The van der Waals surface area contributed by atoms with E-state index >= 15 is 0 Å². The summed E-state index contributed by atoms with van der Waals surface area (Å²) in [5.74, 6) is 0. The predicted octanol–water partition coefficient (Wildman–Crippen LogP) is 4.19. The Hall–Kier alpha value is -1.57. The predicted molar refractivity (Wildman–Crippen MR) is 83.5 cm³/mol. The van der Waals surface area contributed by atoms with Crippen molar-refractivity contribution >= 4 is 17.7 Å². The molecule has 19 heavy (non-hydrogen) atoms. The third-order valence-corrected chi connectivity index (χ3v) is 3.13. The summed E-state index contributed by atoms with van der Waals surface area (Å²) in [4.78, 5) is 0. The maximum absolute atomic E-state index is 5.84. The van der Waals surface area contributed by atoms with Crippen molar-refractivity contribution in [1.82, 2.24) is 5.32 Å². The molecule has 0 aromatic heterocycles. The summed E-state index contributed by atoms with van der Waals surface area (Å²) in [5.41, 5.74) is 2.55. The highest BCUT2D eigenvalue weighted by Crippen LogP contribution is 2.10. The third kappa shape index (κ3) is 5.29. The average molecular weight is 272 g/mol. The second kappa shape index (κ2) is 7.78. The van der Waals surface area contributed by atoms with Crippen LogP contribution in [0.3, 0.4) is 0 Å². The number of benzene rings is 2. The van der Waals surface area contributed by atoms with Gasteiger partial charge in [0.25, 0.3) is 0 Å². The molecule has 0 saturated heterocycles. The highest BCUT2D eigenvalue weighted by Gasteiger charge is 1.90. The Morgan fingerprint density at radius 3 is 2.42 bits per heavy atom. The monoisotopic (exact) mass is 271 g/mol. The Morgan fingerprint density at radius 1 is 0.947 bits per heavy atom. The highest BCUT2D eigenvalue weighted by molar-refractivity contribution is 6.30. The van der Waals surface area contributed by atoms with E-state index in [4.69, 9.17) is 11.6 Å². The van der Waals surface area contributed by atoms with Crippen molar-refractivity contribution < 1.29 is 0 Å². The molecule has 0 unspecified atom stereocenters. The zero-order valence-corrected chi connectivity index (χ0v) is 11.6. The van der Waals surface area contributed by atoms with Crippen molar-refractivity contribution in [1.29, 1.82) is 0 Å². The molecule has 0 aliphatic carbocycles. The molecular weight excluding hydrogens is 254 g/mol. The summed E-state index contributed by atoms with van der Waals surface area (Å²) in [5, 5.41) is 4.18. The van der Waals surface area contributed by atoms with Gasteiger partial charge in [0.05, 0.1) is 0 Å².